The van der Waals surface area contributed by atoms with Crippen molar-refractivity contribution in [1.82, 2.24) is 0 Å². The Hall–Kier alpha value is -2.41. The number of ether oxygens (including phenoxy) is 1. The number of hydrogen-bond acceptors (Lipinski definition) is 4. The third-order valence-electron chi connectivity index (χ3n) is 2.76. The number of nitro groups is 1. The molecule has 0 spiro atoms. The number of nitro benzene ring substituents is 1. The lowest BCUT2D eigenvalue weighted by molar-refractivity contribution is -0.384. The zero-order valence-corrected chi connectivity index (χ0v) is 12.2. The molecule has 108 valence electrons. The molecule has 0 aliphatic carbocycles. The van der Waals surface area contributed by atoms with Crippen LogP contribution in [0.4, 0.5) is 10.5 Å². The molecule has 0 amide bonds. The molecule has 0 aliphatic heterocycles. The highest BCUT2D eigenvalue weighted by Gasteiger charge is 2.14. The number of hydrogen-bond donors (Lipinski definition) is 1. The van der Waals surface area contributed by atoms with Crippen LogP contribution < -0.4 is 4.74 Å². The molecule has 0 radical (unpaired) electrons. The molecule has 2 aromatic carbocycles. The van der Waals surface area contributed by atoms with Crippen molar-refractivity contribution in [2.75, 3.05) is 0 Å². The van der Waals surface area contributed by atoms with E-state index in [1.165, 1.54) is 18.2 Å². The zero-order valence-electron chi connectivity index (χ0n) is 10.7. The average Bonchev–Trinajstić information content (AvgIpc) is 2.42. The van der Waals surface area contributed by atoms with E-state index in [0.29, 0.717) is 12.0 Å². The number of non-ortho nitro benzene ring substituents is 1. The fourth-order valence-electron chi connectivity index (χ4n) is 1.83. The Morgan fingerprint density at radius 1 is 1.24 bits per heavy atom. The zero-order chi connectivity index (χ0) is 15.4. The fraction of sp³-hybridized carbons (Fsp3) is 0.0714. The molecule has 21 heavy (non-hydrogen) atoms. The van der Waals surface area contributed by atoms with Gasteiger partial charge < -0.3 is 9.84 Å². The van der Waals surface area contributed by atoms with Gasteiger partial charge in [0.05, 0.1) is 4.92 Å². The van der Waals surface area contributed by atoms with Gasteiger partial charge in [-0.05, 0) is 23.8 Å². The topological polar surface area (TPSA) is 89.7 Å². The summed E-state index contributed by atoms with van der Waals surface area (Å²) in [5.74, 6) is 0.0935. The lowest BCUT2D eigenvalue weighted by Gasteiger charge is -2.08. The summed E-state index contributed by atoms with van der Waals surface area (Å²) in [6.07, 6.45) is -1.13. The largest absolute Gasteiger partial charge is 0.511 e. The number of rotatable bonds is 4. The van der Waals surface area contributed by atoms with Gasteiger partial charge in [0.1, 0.15) is 5.75 Å². The second kappa shape index (κ2) is 6.36. The van der Waals surface area contributed by atoms with Crippen LogP contribution >= 0.6 is 15.9 Å². The predicted octanol–water partition coefficient (Wildman–Crippen LogP) is 4.00. The van der Waals surface area contributed by atoms with Crippen LogP contribution in [0.3, 0.4) is 0 Å². The number of halogens is 1. The van der Waals surface area contributed by atoms with Crippen molar-refractivity contribution in [1.29, 1.82) is 0 Å². The van der Waals surface area contributed by atoms with E-state index in [9.17, 15) is 14.9 Å². The highest BCUT2D eigenvalue weighted by Crippen LogP contribution is 2.27. The van der Waals surface area contributed by atoms with E-state index < -0.39 is 11.1 Å². The van der Waals surface area contributed by atoms with Crippen molar-refractivity contribution in [3.63, 3.8) is 0 Å². The van der Waals surface area contributed by atoms with Gasteiger partial charge in [-0.2, -0.15) is 0 Å². The third-order valence-corrected chi connectivity index (χ3v) is 3.29. The highest BCUT2D eigenvalue weighted by molar-refractivity contribution is 9.10. The van der Waals surface area contributed by atoms with E-state index >= 15 is 0 Å². The Labute approximate surface area is 128 Å². The molecule has 0 aliphatic rings. The van der Waals surface area contributed by atoms with Crippen molar-refractivity contribution in [2.45, 2.75) is 6.42 Å². The van der Waals surface area contributed by atoms with E-state index in [-0.39, 0.29) is 11.4 Å². The Morgan fingerprint density at radius 2 is 1.90 bits per heavy atom. The van der Waals surface area contributed by atoms with Crippen molar-refractivity contribution in [2.24, 2.45) is 0 Å². The maximum atomic E-state index is 10.8. The summed E-state index contributed by atoms with van der Waals surface area (Å²) in [5.41, 5.74) is 1.21. The third kappa shape index (κ3) is 4.03. The molecule has 6 nitrogen and oxygen atoms in total. The molecular formula is C14H10BrNO5. The summed E-state index contributed by atoms with van der Waals surface area (Å²) in [7, 11) is 0. The molecule has 1 N–H and O–H groups in total. The summed E-state index contributed by atoms with van der Waals surface area (Å²) < 4.78 is 5.57. The monoisotopic (exact) mass is 351 g/mol. The Morgan fingerprint density at radius 3 is 2.48 bits per heavy atom. The molecule has 7 heteroatoms. The molecule has 0 atom stereocenters. The van der Waals surface area contributed by atoms with Gasteiger partial charge in [0.15, 0.2) is 0 Å². The van der Waals surface area contributed by atoms with Crippen LogP contribution in [0.15, 0.2) is 46.9 Å². The van der Waals surface area contributed by atoms with E-state index in [0.717, 1.165) is 10.0 Å². The van der Waals surface area contributed by atoms with Crippen molar-refractivity contribution < 1.29 is 19.6 Å². The first kappa shape index (κ1) is 15.0. The molecule has 0 heterocycles. The minimum atomic E-state index is -1.46. The summed E-state index contributed by atoms with van der Waals surface area (Å²) in [6, 6.07) is 11.2. The van der Waals surface area contributed by atoms with Gasteiger partial charge in [0.2, 0.25) is 0 Å². The summed E-state index contributed by atoms with van der Waals surface area (Å²) in [6.45, 7) is 0. The van der Waals surface area contributed by atoms with E-state index in [2.05, 4.69) is 20.7 Å². The predicted molar refractivity (Wildman–Crippen MR) is 78.7 cm³/mol. The van der Waals surface area contributed by atoms with Crippen molar-refractivity contribution in [3.8, 4) is 5.75 Å². The van der Waals surface area contributed by atoms with Gasteiger partial charge >= 0.3 is 6.16 Å². The standard InChI is InChI=1S/C14H10BrNO5/c15-11-3-1-9(2-4-11)7-10-8-12(16(19)20)5-6-13(10)21-14(17)18/h1-6,8H,7H2,(H,17,18). The number of nitrogens with zero attached hydrogens (tertiary/aromatic N) is 1. The van der Waals surface area contributed by atoms with Crippen LogP contribution in [0.25, 0.3) is 0 Å². The van der Waals surface area contributed by atoms with Crippen LogP contribution in [0.5, 0.6) is 5.75 Å². The molecule has 2 aromatic rings. The number of carboxylic acid groups (broad SMARTS) is 1. The van der Waals surface area contributed by atoms with E-state index in [1.807, 2.05) is 24.3 Å². The molecule has 0 fully saturated rings. The van der Waals surface area contributed by atoms with Crippen molar-refractivity contribution >= 4 is 27.8 Å². The molecule has 2 rings (SSSR count). The first-order valence-corrected chi connectivity index (χ1v) is 6.67. The maximum Gasteiger partial charge on any atom is 0.511 e. The molecule has 0 bridgehead atoms. The van der Waals surface area contributed by atoms with E-state index in [4.69, 9.17) is 5.11 Å². The summed E-state index contributed by atoms with van der Waals surface area (Å²) >= 11 is 3.32. The van der Waals surface area contributed by atoms with Gasteiger partial charge in [-0.1, -0.05) is 28.1 Å². The molecule has 0 saturated heterocycles. The molecule has 0 saturated carbocycles. The smallest absolute Gasteiger partial charge is 0.449 e. The Bertz CT molecular complexity index is 684. The van der Waals surface area contributed by atoms with Crippen LogP contribution in [0.2, 0.25) is 0 Å². The first-order chi connectivity index (χ1) is 9.95. The fourth-order valence-corrected chi connectivity index (χ4v) is 2.10. The van der Waals surface area contributed by atoms with Gasteiger partial charge in [0.25, 0.3) is 5.69 Å². The first-order valence-electron chi connectivity index (χ1n) is 5.88. The van der Waals surface area contributed by atoms with Gasteiger partial charge in [-0.25, -0.2) is 4.79 Å². The van der Waals surface area contributed by atoms with Crippen LogP contribution in [0, 0.1) is 10.1 Å². The lowest BCUT2D eigenvalue weighted by atomic mass is 10.0. The van der Waals surface area contributed by atoms with Crippen LogP contribution in [-0.4, -0.2) is 16.2 Å². The van der Waals surface area contributed by atoms with Gasteiger partial charge in [0, 0.05) is 28.6 Å². The normalized spacial score (nSPS) is 10.1. The summed E-state index contributed by atoms with van der Waals surface area (Å²) in [5, 5.41) is 19.5. The SMILES string of the molecule is O=C(O)Oc1ccc([N+](=O)[O-])cc1Cc1ccc(Br)cc1. The maximum absolute atomic E-state index is 10.8. The molecule has 0 unspecified atom stereocenters. The highest BCUT2D eigenvalue weighted by atomic mass is 79.9. The number of benzene rings is 2. The van der Waals surface area contributed by atoms with Gasteiger partial charge in [-0.15, -0.1) is 0 Å². The Balaban J connectivity index is 2.37. The van der Waals surface area contributed by atoms with Crippen LogP contribution in [-0.2, 0) is 6.42 Å². The quantitative estimate of drug-likeness (QED) is 0.389. The number of carbonyl (C=O) groups is 1. The van der Waals surface area contributed by atoms with E-state index in [1.54, 1.807) is 0 Å². The van der Waals surface area contributed by atoms with Crippen molar-refractivity contribution in [3.05, 3.63) is 68.2 Å². The minimum absolute atomic E-state index is 0.0935. The molecule has 0 aromatic heterocycles. The lowest BCUT2D eigenvalue weighted by Crippen LogP contribution is -2.06. The Kier molecular flexibility index (Phi) is 4.54. The average molecular weight is 352 g/mol. The minimum Gasteiger partial charge on any atom is -0.449 e. The second-order valence-corrected chi connectivity index (χ2v) is 5.14. The van der Waals surface area contributed by atoms with Gasteiger partial charge in [-0.3, -0.25) is 10.1 Å². The summed E-state index contributed by atoms with van der Waals surface area (Å²) in [4.78, 5) is 21.0. The molecular weight excluding hydrogens is 342 g/mol. The second-order valence-electron chi connectivity index (χ2n) is 4.22. The van der Waals surface area contributed by atoms with Crippen LogP contribution in [0.1, 0.15) is 11.1 Å².